The van der Waals surface area contributed by atoms with Gasteiger partial charge in [0.15, 0.2) is 5.78 Å². The normalized spacial score (nSPS) is 51.6. The Balaban J connectivity index is 1.60. The molecule has 1 aliphatic heterocycles. The minimum atomic E-state index is -1.30. The van der Waals surface area contributed by atoms with Gasteiger partial charge in [-0.25, -0.2) is 4.79 Å². The summed E-state index contributed by atoms with van der Waals surface area (Å²) < 4.78 is 4.94. The Bertz CT molecular complexity index is 977. The van der Waals surface area contributed by atoms with E-state index in [1.165, 1.54) is 6.08 Å². The quantitative estimate of drug-likeness (QED) is 0.606. The number of aliphatic hydroxyl groups excluding tert-OH is 2. The highest BCUT2D eigenvalue weighted by Gasteiger charge is 2.72. The maximum Gasteiger partial charge on any atom is 0.333 e. The summed E-state index contributed by atoms with van der Waals surface area (Å²) in [5.41, 5.74) is -1.49. The number of hydrogen-bond acceptors (Lipinski definition) is 6. The van der Waals surface area contributed by atoms with Gasteiger partial charge in [-0.1, -0.05) is 40.7 Å². The van der Waals surface area contributed by atoms with Crippen molar-refractivity contribution in [2.24, 2.45) is 45.3 Å². The first kappa shape index (κ1) is 22.0. The minimum Gasteiger partial charge on any atom is -0.429 e. The SMILES string of the molecule is CC1(C)C(=O)C=C[C@]2(C)[C@H]3CC[C@]4(C)[C@@H](C(=O)C[C@H]4C4=CC(=O)O[C@H]4O)[C@]3(C)[C@H](O)C[C@@H]12. The van der Waals surface area contributed by atoms with Gasteiger partial charge in [0, 0.05) is 34.8 Å². The van der Waals surface area contributed by atoms with Crippen molar-refractivity contribution in [1.29, 1.82) is 0 Å². The Labute approximate surface area is 189 Å². The van der Waals surface area contributed by atoms with Crippen molar-refractivity contribution < 1.29 is 29.3 Å². The molecule has 6 heteroatoms. The number of esters is 1. The molecule has 0 amide bonds. The molecular formula is C26H34O6. The largest absolute Gasteiger partial charge is 0.429 e. The van der Waals surface area contributed by atoms with Crippen LogP contribution >= 0.6 is 0 Å². The van der Waals surface area contributed by atoms with Gasteiger partial charge < -0.3 is 14.9 Å². The highest BCUT2D eigenvalue weighted by Crippen LogP contribution is 2.72. The number of carbonyl (C=O) groups is 3. The molecule has 2 N–H and O–H groups in total. The highest BCUT2D eigenvalue weighted by molar-refractivity contribution is 5.96. The predicted octanol–water partition coefficient (Wildman–Crippen LogP) is 2.97. The van der Waals surface area contributed by atoms with Gasteiger partial charge in [-0.05, 0) is 53.9 Å². The van der Waals surface area contributed by atoms with E-state index < -0.39 is 34.6 Å². The summed E-state index contributed by atoms with van der Waals surface area (Å²) in [5, 5.41) is 22.0. The molecule has 6 nitrogen and oxygen atoms in total. The van der Waals surface area contributed by atoms with Gasteiger partial charge in [0.2, 0.25) is 6.29 Å². The standard InChI is InChI=1S/C26H34O6/c1-23(2)17-12-19(29)26(5)16(25(17,4)9-7-18(23)28)6-8-24(3)14(11-15(27)21(24)26)13-10-20(30)32-22(13)31/h7,9-10,14,16-17,19,21-22,29,31H,6,8,11-12H2,1-5H3/t14-,16+,17-,19+,21+,22+,24-,25+,26-/m0/s1. The monoisotopic (exact) mass is 442 g/mol. The Kier molecular flexibility index (Phi) is 4.41. The molecule has 9 atom stereocenters. The van der Waals surface area contributed by atoms with Crippen molar-refractivity contribution in [3.8, 4) is 0 Å². The Morgan fingerprint density at radius 3 is 2.34 bits per heavy atom. The summed E-state index contributed by atoms with van der Waals surface area (Å²) in [6, 6.07) is 0. The van der Waals surface area contributed by atoms with Gasteiger partial charge in [-0.2, -0.15) is 0 Å². The van der Waals surface area contributed by atoms with Gasteiger partial charge in [0.25, 0.3) is 0 Å². The second kappa shape index (κ2) is 6.41. The molecule has 3 fully saturated rings. The first-order chi connectivity index (χ1) is 14.8. The first-order valence-electron chi connectivity index (χ1n) is 11.8. The lowest BCUT2D eigenvalue weighted by atomic mass is 9.37. The number of ether oxygens (including phenoxy) is 1. The van der Waals surface area contributed by atoms with Crippen LogP contribution in [0.25, 0.3) is 0 Å². The number of cyclic esters (lactones) is 1. The van der Waals surface area contributed by atoms with E-state index in [0.29, 0.717) is 12.0 Å². The number of rotatable bonds is 1. The molecule has 5 rings (SSSR count). The molecule has 0 spiro atoms. The van der Waals surface area contributed by atoms with Crippen molar-refractivity contribution in [2.45, 2.75) is 72.7 Å². The molecule has 0 aromatic heterocycles. The van der Waals surface area contributed by atoms with Crippen LogP contribution in [0.5, 0.6) is 0 Å². The molecule has 3 saturated carbocycles. The topological polar surface area (TPSA) is 101 Å². The Hall–Kier alpha value is -1.79. The van der Waals surface area contributed by atoms with Gasteiger partial charge >= 0.3 is 5.97 Å². The van der Waals surface area contributed by atoms with E-state index in [2.05, 4.69) is 26.8 Å². The number of hydrogen-bond donors (Lipinski definition) is 2. The summed E-state index contributed by atoms with van der Waals surface area (Å²) in [5.74, 6) is -0.995. The highest BCUT2D eigenvalue weighted by atomic mass is 16.6. The molecule has 174 valence electrons. The zero-order valence-electron chi connectivity index (χ0n) is 19.6. The average molecular weight is 443 g/mol. The fraction of sp³-hybridized carbons (Fsp3) is 0.731. The number of carbonyl (C=O) groups excluding carboxylic acids is 3. The summed E-state index contributed by atoms with van der Waals surface area (Å²) >= 11 is 0. The third kappa shape index (κ3) is 2.46. The molecule has 1 heterocycles. The third-order valence-electron chi connectivity index (χ3n) is 10.5. The van der Waals surface area contributed by atoms with Gasteiger partial charge in [-0.3, -0.25) is 9.59 Å². The molecule has 0 aromatic rings. The fourth-order valence-corrected chi connectivity index (χ4v) is 8.98. The number of fused-ring (bicyclic) bond motifs is 5. The Morgan fingerprint density at radius 2 is 1.72 bits per heavy atom. The van der Waals surface area contributed by atoms with Crippen LogP contribution in [0, 0.1) is 45.3 Å². The lowest BCUT2D eigenvalue weighted by molar-refractivity contribution is -0.211. The van der Waals surface area contributed by atoms with Crippen molar-refractivity contribution in [3.05, 3.63) is 23.8 Å². The summed E-state index contributed by atoms with van der Waals surface area (Å²) in [4.78, 5) is 38.1. The third-order valence-corrected chi connectivity index (χ3v) is 10.5. The number of Topliss-reactive ketones (excluding diaryl/α,β-unsaturated/α-hetero) is 1. The number of aliphatic hydroxyl groups is 2. The molecule has 0 radical (unpaired) electrons. The van der Waals surface area contributed by atoms with Crippen LogP contribution in [0.1, 0.15) is 60.3 Å². The van der Waals surface area contributed by atoms with Crippen LogP contribution in [0.4, 0.5) is 0 Å². The van der Waals surface area contributed by atoms with Crippen molar-refractivity contribution in [1.82, 2.24) is 0 Å². The summed E-state index contributed by atoms with van der Waals surface area (Å²) in [7, 11) is 0. The van der Waals surface area contributed by atoms with Crippen molar-refractivity contribution in [3.63, 3.8) is 0 Å². The molecule has 5 aliphatic rings. The lowest BCUT2D eigenvalue weighted by Gasteiger charge is -2.67. The summed E-state index contributed by atoms with van der Waals surface area (Å²) in [6.07, 6.45) is 5.38. The predicted molar refractivity (Wildman–Crippen MR) is 116 cm³/mol. The van der Waals surface area contributed by atoms with E-state index in [-0.39, 0.29) is 47.1 Å². The fourth-order valence-electron chi connectivity index (χ4n) is 8.98. The molecule has 0 saturated heterocycles. The van der Waals surface area contributed by atoms with Crippen LogP contribution in [-0.2, 0) is 19.1 Å². The van der Waals surface area contributed by atoms with E-state index >= 15 is 0 Å². The van der Waals surface area contributed by atoms with Crippen molar-refractivity contribution in [2.75, 3.05) is 0 Å². The van der Waals surface area contributed by atoms with Gasteiger partial charge in [0.05, 0.1) is 6.10 Å². The number of ketones is 2. The van der Waals surface area contributed by atoms with E-state index in [9.17, 15) is 24.6 Å². The van der Waals surface area contributed by atoms with Crippen LogP contribution in [0.15, 0.2) is 23.8 Å². The molecule has 32 heavy (non-hydrogen) atoms. The van der Waals surface area contributed by atoms with E-state index in [1.54, 1.807) is 6.08 Å². The molecular weight excluding hydrogens is 408 g/mol. The maximum absolute atomic E-state index is 13.6. The molecule has 4 aliphatic carbocycles. The molecule has 0 bridgehead atoms. The summed E-state index contributed by atoms with van der Waals surface area (Å²) in [6.45, 7) is 10.3. The van der Waals surface area contributed by atoms with Crippen LogP contribution < -0.4 is 0 Å². The van der Waals surface area contributed by atoms with Crippen LogP contribution in [-0.4, -0.2) is 40.1 Å². The van der Waals surface area contributed by atoms with Gasteiger partial charge in [-0.15, -0.1) is 0 Å². The number of allylic oxidation sites excluding steroid dienone is 2. The maximum atomic E-state index is 13.6. The zero-order chi connectivity index (χ0) is 23.4. The second-order valence-corrected chi connectivity index (χ2v) is 12.1. The van der Waals surface area contributed by atoms with E-state index in [0.717, 1.165) is 12.8 Å². The van der Waals surface area contributed by atoms with E-state index in [1.807, 2.05) is 13.8 Å². The first-order valence-corrected chi connectivity index (χ1v) is 11.8. The lowest BCUT2D eigenvalue weighted by Crippen LogP contribution is -2.66. The molecule has 0 unspecified atom stereocenters. The van der Waals surface area contributed by atoms with Crippen LogP contribution in [0.2, 0.25) is 0 Å². The smallest absolute Gasteiger partial charge is 0.333 e. The van der Waals surface area contributed by atoms with Crippen molar-refractivity contribution >= 4 is 17.5 Å². The average Bonchev–Trinajstić information content (AvgIpc) is 3.16. The van der Waals surface area contributed by atoms with Gasteiger partial charge in [0.1, 0.15) is 5.78 Å². The second-order valence-electron chi connectivity index (χ2n) is 12.1. The van der Waals surface area contributed by atoms with E-state index in [4.69, 9.17) is 4.74 Å². The zero-order valence-corrected chi connectivity index (χ0v) is 19.6. The van der Waals surface area contributed by atoms with Crippen LogP contribution in [0.3, 0.4) is 0 Å². The minimum absolute atomic E-state index is 0.00242. The molecule has 0 aromatic carbocycles. The Morgan fingerprint density at radius 1 is 1.03 bits per heavy atom.